The number of carbonyl (C=O) groups is 1. The number of anilines is 1. The molecule has 0 bridgehead atoms. The van der Waals surface area contributed by atoms with E-state index in [0.717, 1.165) is 23.9 Å². The highest BCUT2D eigenvalue weighted by molar-refractivity contribution is 7.99. The van der Waals surface area contributed by atoms with Crippen LogP contribution in [0.5, 0.6) is 0 Å². The molecule has 17 heavy (non-hydrogen) atoms. The van der Waals surface area contributed by atoms with Gasteiger partial charge in [-0.1, -0.05) is 25.1 Å². The van der Waals surface area contributed by atoms with Crippen molar-refractivity contribution in [2.24, 2.45) is 0 Å². The van der Waals surface area contributed by atoms with E-state index in [0.29, 0.717) is 5.92 Å². The summed E-state index contributed by atoms with van der Waals surface area (Å²) in [6.45, 7) is 3.00. The summed E-state index contributed by atoms with van der Waals surface area (Å²) in [5, 5.41) is 3.25. The summed E-state index contributed by atoms with van der Waals surface area (Å²) in [4.78, 5) is 14.4. The molecule has 1 saturated heterocycles. The van der Waals surface area contributed by atoms with Crippen LogP contribution in [0.2, 0.25) is 0 Å². The van der Waals surface area contributed by atoms with E-state index in [2.05, 4.69) is 24.4 Å². The molecular weight excluding hydrogens is 232 g/mol. The zero-order chi connectivity index (χ0) is 11.8. The van der Waals surface area contributed by atoms with Gasteiger partial charge in [-0.15, -0.1) is 11.8 Å². The van der Waals surface area contributed by atoms with Crippen LogP contribution >= 0.6 is 11.8 Å². The monoisotopic (exact) mass is 248 g/mol. The summed E-state index contributed by atoms with van der Waals surface area (Å²) in [7, 11) is 0. The van der Waals surface area contributed by atoms with E-state index < -0.39 is 0 Å². The van der Waals surface area contributed by atoms with Gasteiger partial charge in [0.05, 0.1) is 6.04 Å². The summed E-state index contributed by atoms with van der Waals surface area (Å²) >= 11 is 1.79. The van der Waals surface area contributed by atoms with Crippen LogP contribution in [0.1, 0.15) is 18.4 Å². The van der Waals surface area contributed by atoms with Crippen molar-refractivity contribution >= 4 is 23.4 Å². The lowest BCUT2D eigenvalue weighted by Gasteiger charge is -2.21. The molecule has 3 nitrogen and oxygen atoms in total. The zero-order valence-corrected chi connectivity index (χ0v) is 10.7. The second kappa shape index (κ2) is 4.35. The van der Waals surface area contributed by atoms with E-state index in [9.17, 15) is 4.79 Å². The third kappa shape index (κ3) is 1.85. The number of hydrogen-bond acceptors (Lipinski definition) is 3. The van der Waals surface area contributed by atoms with Crippen molar-refractivity contribution in [3.05, 3.63) is 29.8 Å². The predicted octanol–water partition coefficient (Wildman–Crippen LogP) is 1.80. The third-order valence-corrected chi connectivity index (χ3v) is 4.44. The van der Waals surface area contributed by atoms with Crippen molar-refractivity contribution in [1.29, 1.82) is 0 Å². The molecule has 2 atom stereocenters. The fraction of sp³-hybridized carbons (Fsp3) is 0.462. The molecule has 0 unspecified atom stereocenters. The first kappa shape index (κ1) is 11.1. The highest BCUT2D eigenvalue weighted by Crippen LogP contribution is 2.36. The Morgan fingerprint density at radius 1 is 1.47 bits per heavy atom. The maximum Gasteiger partial charge on any atom is 0.245 e. The Labute approximate surface area is 106 Å². The Morgan fingerprint density at radius 2 is 2.29 bits per heavy atom. The van der Waals surface area contributed by atoms with E-state index in [4.69, 9.17) is 0 Å². The van der Waals surface area contributed by atoms with Crippen LogP contribution in [-0.4, -0.2) is 30.1 Å². The second-order valence-electron chi connectivity index (χ2n) is 4.68. The first-order valence-corrected chi connectivity index (χ1v) is 7.14. The van der Waals surface area contributed by atoms with Crippen molar-refractivity contribution in [1.82, 2.24) is 5.32 Å². The lowest BCUT2D eigenvalue weighted by molar-refractivity contribution is -0.119. The molecule has 0 radical (unpaired) electrons. The van der Waals surface area contributed by atoms with E-state index in [1.54, 1.807) is 11.8 Å². The topological polar surface area (TPSA) is 32.3 Å². The molecule has 0 saturated carbocycles. The van der Waals surface area contributed by atoms with E-state index in [1.807, 2.05) is 17.0 Å². The van der Waals surface area contributed by atoms with Crippen LogP contribution < -0.4 is 10.2 Å². The smallest absolute Gasteiger partial charge is 0.245 e. The Kier molecular flexibility index (Phi) is 2.84. The van der Waals surface area contributed by atoms with Crippen molar-refractivity contribution in [3.63, 3.8) is 0 Å². The number of para-hydroxylation sites is 1. The van der Waals surface area contributed by atoms with Crippen LogP contribution in [-0.2, 0) is 4.79 Å². The van der Waals surface area contributed by atoms with Gasteiger partial charge in [-0.25, -0.2) is 0 Å². The number of carbonyl (C=O) groups excluding carboxylic acids is 1. The number of hydrogen-bond donors (Lipinski definition) is 1. The Balaban J connectivity index is 1.88. The zero-order valence-electron chi connectivity index (χ0n) is 9.85. The highest BCUT2D eigenvalue weighted by atomic mass is 32.2. The van der Waals surface area contributed by atoms with Gasteiger partial charge in [0.15, 0.2) is 0 Å². The van der Waals surface area contributed by atoms with Crippen LogP contribution in [0.15, 0.2) is 24.3 Å². The van der Waals surface area contributed by atoms with Gasteiger partial charge in [0.25, 0.3) is 0 Å². The number of amides is 1. The Hall–Kier alpha value is -1.00. The molecule has 1 N–H and O–H groups in total. The summed E-state index contributed by atoms with van der Waals surface area (Å²) in [6, 6.07) is 8.24. The molecule has 4 heteroatoms. The lowest BCUT2D eigenvalue weighted by Crippen LogP contribution is -2.44. The third-order valence-electron chi connectivity index (χ3n) is 3.50. The number of fused-ring (bicyclic) bond motifs is 1. The number of nitrogens with zero attached hydrogens (tertiary/aromatic N) is 1. The van der Waals surface area contributed by atoms with E-state index in [1.165, 1.54) is 5.56 Å². The largest absolute Gasteiger partial charge is 0.310 e. The van der Waals surface area contributed by atoms with Crippen LogP contribution in [0, 0.1) is 0 Å². The predicted molar refractivity (Wildman–Crippen MR) is 71.5 cm³/mol. The van der Waals surface area contributed by atoms with Gasteiger partial charge in [0.2, 0.25) is 5.91 Å². The summed E-state index contributed by atoms with van der Waals surface area (Å²) in [5.74, 6) is 2.46. The number of benzene rings is 1. The molecular formula is C13H16N2OS. The highest BCUT2D eigenvalue weighted by Gasteiger charge is 2.34. The molecule has 1 aromatic rings. The van der Waals surface area contributed by atoms with Crippen molar-refractivity contribution in [2.75, 3.05) is 23.1 Å². The fourth-order valence-corrected chi connectivity index (χ4v) is 3.50. The molecule has 2 heterocycles. The van der Waals surface area contributed by atoms with Crippen molar-refractivity contribution in [3.8, 4) is 0 Å². The second-order valence-corrected chi connectivity index (χ2v) is 5.71. The minimum absolute atomic E-state index is 0.00152. The van der Waals surface area contributed by atoms with Crippen molar-refractivity contribution < 1.29 is 4.79 Å². The molecule has 1 amide bonds. The number of nitrogens with one attached hydrogen (secondary N) is 1. The molecule has 2 aliphatic heterocycles. The normalized spacial score (nSPS) is 27.2. The maximum atomic E-state index is 12.4. The Bertz CT molecular complexity index is 443. The first-order chi connectivity index (χ1) is 8.27. The van der Waals surface area contributed by atoms with Crippen LogP contribution in [0.4, 0.5) is 5.69 Å². The van der Waals surface area contributed by atoms with Gasteiger partial charge in [-0.2, -0.15) is 0 Å². The molecule has 1 fully saturated rings. The fourth-order valence-electron chi connectivity index (χ4n) is 2.57. The first-order valence-electron chi connectivity index (χ1n) is 5.99. The van der Waals surface area contributed by atoms with Gasteiger partial charge in [0.1, 0.15) is 0 Å². The number of rotatable bonds is 1. The Morgan fingerprint density at radius 3 is 3.06 bits per heavy atom. The van der Waals surface area contributed by atoms with Gasteiger partial charge < -0.3 is 4.90 Å². The minimum atomic E-state index is -0.00152. The molecule has 90 valence electrons. The summed E-state index contributed by atoms with van der Waals surface area (Å²) < 4.78 is 0. The SMILES string of the molecule is C[C@H]1CN(C(=O)[C@H]2CSCN2)c2ccccc21. The van der Waals surface area contributed by atoms with Crippen molar-refractivity contribution in [2.45, 2.75) is 18.9 Å². The molecule has 2 aliphatic rings. The summed E-state index contributed by atoms with van der Waals surface area (Å²) in [6.07, 6.45) is 0. The van der Waals surface area contributed by atoms with E-state index >= 15 is 0 Å². The quantitative estimate of drug-likeness (QED) is 0.822. The molecule has 3 rings (SSSR count). The van der Waals surface area contributed by atoms with Gasteiger partial charge in [-0.05, 0) is 11.6 Å². The van der Waals surface area contributed by atoms with E-state index in [-0.39, 0.29) is 11.9 Å². The summed E-state index contributed by atoms with van der Waals surface area (Å²) in [5.41, 5.74) is 2.40. The molecule has 0 aromatic heterocycles. The average molecular weight is 248 g/mol. The van der Waals surface area contributed by atoms with Gasteiger partial charge in [-0.3, -0.25) is 10.1 Å². The number of thioether (sulfide) groups is 1. The van der Waals surface area contributed by atoms with Gasteiger partial charge in [0, 0.05) is 29.8 Å². The average Bonchev–Trinajstić information content (AvgIpc) is 2.97. The standard InChI is InChI=1S/C13H16N2OS/c1-9-6-15(12-5-3-2-4-10(9)12)13(16)11-7-17-8-14-11/h2-5,9,11,14H,6-8H2,1H3/t9-,11+/m0/s1. The lowest BCUT2D eigenvalue weighted by atomic mass is 10.0. The molecule has 0 aliphatic carbocycles. The van der Waals surface area contributed by atoms with Crippen LogP contribution in [0.25, 0.3) is 0 Å². The maximum absolute atomic E-state index is 12.4. The molecule has 1 aromatic carbocycles. The minimum Gasteiger partial charge on any atom is -0.310 e. The van der Waals surface area contributed by atoms with Crippen LogP contribution in [0.3, 0.4) is 0 Å². The molecule has 0 spiro atoms. The van der Waals surface area contributed by atoms with Gasteiger partial charge >= 0.3 is 0 Å².